The van der Waals surface area contributed by atoms with Crippen LogP contribution in [-0.2, 0) is 16.0 Å². The lowest BCUT2D eigenvalue weighted by Crippen LogP contribution is -2.56. The number of ether oxygens (including phenoxy) is 2. The molecule has 1 amide bonds. The van der Waals surface area contributed by atoms with E-state index < -0.39 is 0 Å². The van der Waals surface area contributed by atoms with E-state index in [1.165, 1.54) is 6.33 Å². The van der Waals surface area contributed by atoms with Gasteiger partial charge in [0.05, 0.1) is 17.8 Å². The van der Waals surface area contributed by atoms with Crippen molar-refractivity contribution in [3.8, 4) is 17.2 Å². The number of pyridine rings is 2. The van der Waals surface area contributed by atoms with Crippen molar-refractivity contribution in [2.45, 2.75) is 26.3 Å². The number of likely N-dealkylation sites (N-methyl/N-ethyl adjacent to an activating group) is 1. The third-order valence-electron chi connectivity index (χ3n) is 7.61. The number of rotatable bonds is 8. The fraction of sp³-hybridized carbons (Fsp3) is 0.333. The Morgan fingerprint density at radius 1 is 1.17 bits per heavy atom. The van der Waals surface area contributed by atoms with Gasteiger partial charge in [0.25, 0.3) is 6.47 Å². The summed E-state index contributed by atoms with van der Waals surface area (Å²) in [6.07, 6.45) is 7.71. The quantitative estimate of drug-likeness (QED) is 0.215. The van der Waals surface area contributed by atoms with Gasteiger partial charge in [-0.25, -0.2) is 15.0 Å². The van der Waals surface area contributed by atoms with Crippen molar-refractivity contribution in [3.63, 3.8) is 0 Å². The van der Waals surface area contributed by atoms with Crippen molar-refractivity contribution >= 4 is 40.7 Å². The van der Waals surface area contributed by atoms with Gasteiger partial charge in [0.2, 0.25) is 5.91 Å². The summed E-state index contributed by atoms with van der Waals surface area (Å²) in [6.45, 7) is 6.84. The van der Waals surface area contributed by atoms with Crippen LogP contribution in [0.3, 0.4) is 0 Å². The Balaban J connectivity index is 0.00000134. The van der Waals surface area contributed by atoms with E-state index >= 15 is 0 Å². The fourth-order valence-corrected chi connectivity index (χ4v) is 5.29. The average molecular weight is 627 g/mol. The van der Waals surface area contributed by atoms with Crippen LogP contribution >= 0.6 is 0 Å². The van der Waals surface area contributed by atoms with Crippen LogP contribution in [0, 0.1) is 6.92 Å². The van der Waals surface area contributed by atoms with Crippen LogP contribution in [0.1, 0.15) is 18.2 Å². The highest BCUT2D eigenvalue weighted by Gasteiger charge is 2.35. The molecular formula is C33H38N8O5. The van der Waals surface area contributed by atoms with Crippen LogP contribution in [0.2, 0.25) is 0 Å². The molecule has 3 aromatic heterocycles. The molecule has 0 radical (unpaired) electrons. The lowest BCUT2D eigenvalue weighted by Gasteiger charge is -2.39. The number of carbonyl (C=O) groups is 2. The molecule has 0 spiro atoms. The van der Waals surface area contributed by atoms with Crippen molar-refractivity contribution in [2.24, 2.45) is 0 Å². The van der Waals surface area contributed by atoms with Gasteiger partial charge in [0.15, 0.2) is 17.4 Å². The number of aryl methyl sites for hydroxylation is 2. The van der Waals surface area contributed by atoms with Crippen LogP contribution in [0.5, 0.6) is 17.2 Å². The zero-order valence-electron chi connectivity index (χ0n) is 26.4. The molecule has 2 N–H and O–H groups in total. The molecule has 1 aromatic carbocycles. The molecule has 6 rings (SSSR count). The maximum atomic E-state index is 12.9. The number of aromatic nitrogens is 4. The van der Waals surface area contributed by atoms with Gasteiger partial charge < -0.3 is 34.6 Å². The van der Waals surface area contributed by atoms with Crippen LogP contribution < -0.4 is 19.7 Å². The van der Waals surface area contributed by atoms with E-state index in [9.17, 15) is 4.79 Å². The number of piperazine rings is 1. The number of benzene rings is 1. The largest absolute Gasteiger partial charge is 0.487 e. The summed E-state index contributed by atoms with van der Waals surface area (Å²) >= 11 is 0. The normalized spacial score (nSPS) is 15.5. The minimum atomic E-state index is -0.250. The minimum Gasteiger partial charge on any atom is -0.487 e. The molecule has 5 heterocycles. The Morgan fingerprint density at radius 3 is 2.72 bits per heavy atom. The van der Waals surface area contributed by atoms with Gasteiger partial charge in [-0.2, -0.15) is 0 Å². The third kappa shape index (κ3) is 7.49. The van der Waals surface area contributed by atoms with E-state index in [1.807, 2.05) is 73.3 Å². The Morgan fingerprint density at radius 2 is 2.00 bits per heavy atom. The van der Waals surface area contributed by atoms with Crippen molar-refractivity contribution in [3.05, 3.63) is 72.3 Å². The topological polar surface area (TPSA) is 146 Å². The average Bonchev–Trinajstić information content (AvgIpc) is 3.18. The highest BCUT2D eigenvalue weighted by Crippen LogP contribution is 2.36. The summed E-state index contributed by atoms with van der Waals surface area (Å²) in [5, 5.41) is 10.3. The summed E-state index contributed by atoms with van der Waals surface area (Å²) in [7, 11) is 3.95. The molecule has 0 aliphatic carbocycles. The van der Waals surface area contributed by atoms with Crippen LogP contribution in [0.15, 0.2) is 61.1 Å². The minimum absolute atomic E-state index is 0.00862. The predicted octanol–water partition coefficient (Wildman–Crippen LogP) is 4.05. The summed E-state index contributed by atoms with van der Waals surface area (Å²) in [4.78, 5) is 45.8. The monoisotopic (exact) mass is 626 g/mol. The van der Waals surface area contributed by atoms with Gasteiger partial charge in [0.1, 0.15) is 29.9 Å². The highest BCUT2D eigenvalue weighted by molar-refractivity contribution is 5.90. The number of nitrogens with zero attached hydrogens (tertiary/aromatic N) is 7. The summed E-state index contributed by atoms with van der Waals surface area (Å²) in [6, 6.07) is 11.6. The SMILES string of the molecule is CCc1ccc(Oc2ccc(Nc3ncnc4cc5c(nc34)N3CCN(C(=O)/C=C/CN(C)C)[C@H](CO5)C3)cc2C)cn1.O=CO. The number of nitrogens with one attached hydrogen (secondary N) is 1. The molecule has 13 heteroatoms. The summed E-state index contributed by atoms with van der Waals surface area (Å²) in [5.41, 5.74) is 4.17. The Hall–Kier alpha value is -5.30. The van der Waals surface area contributed by atoms with Gasteiger partial charge in [-0.15, -0.1) is 0 Å². The van der Waals surface area contributed by atoms with Gasteiger partial charge in [-0.05, 0) is 63.3 Å². The molecule has 46 heavy (non-hydrogen) atoms. The zero-order chi connectivity index (χ0) is 32.6. The van der Waals surface area contributed by atoms with E-state index in [2.05, 4.69) is 32.1 Å². The molecule has 2 bridgehead atoms. The van der Waals surface area contributed by atoms with E-state index in [4.69, 9.17) is 24.4 Å². The lowest BCUT2D eigenvalue weighted by molar-refractivity contribution is -0.129. The Labute approximate surface area is 267 Å². The number of hydrogen-bond acceptors (Lipinski definition) is 11. The summed E-state index contributed by atoms with van der Waals surface area (Å²) < 4.78 is 12.3. The first kappa shape index (κ1) is 32.1. The molecule has 240 valence electrons. The van der Waals surface area contributed by atoms with Gasteiger partial charge in [0, 0.05) is 49.7 Å². The third-order valence-corrected chi connectivity index (χ3v) is 7.61. The predicted molar refractivity (Wildman–Crippen MR) is 175 cm³/mol. The number of amides is 1. The van der Waals surface area contributed by atoms with Crippen LogP contribution in [0.25, 0.3) is 11.0 Å². The molecule has 1 fully saturated rings. The zero-order valence-corrected chi connectivity index (χ0v) is 26.4. The second-order valence-corrected chi connectivity index (χ2v) is 11.2. The van der Waals surface area contributed by atoms with Crippen molar-refractivity contribution < 1.29 is 24.2 Å². The first-order chi connectivity index (χ1) is 22.3. The van der Waals surface area contributed by atoms with E-state index in [0.717, 1.165) is 41.5 Å². The fourth-order valence-electron chi connectivity index (χ4n) is 5.29. The molecule has 0 saturated carbocycles. The standard InChI is InChI=1S/C32H36N8O3.CH2O2/c1-5-22-8-10-25(17-33-22)43-27-11-9-23(15-21(27)2)36-31-30-26(34-20-35-31)16-28-32(37-30)39-13-14-40(24(18-39)19-42-28)29(41)7-6-12-38(3)4;2-1-3/h6-11,15-17,20,24H,5,12-14,18-19H2,1-4H3,(H,34,35,36);1H,(H,2,3)/b7-6+;/t24-;/m0./s1. The highest BCUT2D eigenvalue weighted by atomic mass is 16.5. The van der Waals surface area contributed by atoms with Crippen LogP contribution in [-0.4, -0.2) is 100 Å². The number of anilines is 3. The molecule has 1 saturated heterocycles. The second-order valence-electron chi connectivity index (χ2n) is 11.2. The van der Waals surface area contributed by atoms with Crippen molar-refractivity contribution in [1.82, 2.24) is 29.7 Å². The Kier molecular flexibility index (Phi) is 10.2. The summed E-state index contributed by atoms with van der Waals surface area (Å²) in [5.74, 6) is 3.46. The van der Waals surface area contributed by atoms with E-state index in [0.29, 0.717) is 54.6 Å². The first-order valence-electron chi connectivity index (χ1n) is 15.0. The number of carbonyl (C=O) groups excluding carboxylic acids is 1. The molecule has 13 nitrogen and oxygen atoms in total. The van der Waals surface area contributed by atoms with E-state index in [1.54, 1.807) is 12.3 Å². The lowest BCUT2D eigenvalue weighted by atomic mass is 10.1. The molecular weight excluding hydrogens is 588 g/mol. The molecule has 2 aliphatic rings. The van der Waals surface area contributed by atoms with Gasteiger partial charge >= 0.3 is 0 Å². The number of hydrogen-bond donors (Lipinski definition) is 2. The van der Waals surface area contributed by atoms with E-state index in [-0.39, 0.29) is 18.4 Å². The maximum Gasteiger partial charge on any atom is 0.290 e. The van der Waals surface area contributed by atoms with Crippen molar-refractivity contribution in [1.29, 1.82) is 0 Å². The molecule has 4 aromatic rings. The smallest absolute Gasteiger partial charge is 0.290 e. The van der Waals surface area contributed by atoms with Gasteiger partial charge in [-0.1, -0.05) is 13.0 Å². The Bertz CT molecular complexity index is 1710. The van der Waals surface area contributed by atoms with Gasteiger partial charge in [-0.3, -0.25) is 14.6 Å². The number of carboxylic acid groups (broad SMARTS) is 1. The number of fused-ring (bicyclic) bond motifs is 5. The molecule has 0 unspecified atom stereocenters. The molecule has 1 atom stereocenters. The maximum absolute atomic E-state index is 12.9. The van der Waals surface area contributed by atoms with Crippen molar-refractivity contribution in [2.75, 3.05) is 57.1 Å². The first-order valence-corrected chi connectivity index (χ1v) is 15.0. The molecule has 2 aliphatic heterocycles. The second kappa shape index (κ2) is 14.7. The van der Waals surface area contributed by atoms with Crippen LogP contribution in [0.4, 0.5) is 17.3 Å².